The first-order valence-corrected chi connectivity index (χ1v) is 11.8. The van der Waals surface area contributed by atoms with Crippen LogP contribution in [-0.4, -0.2) is 0 Å². The standard InChI is InChI=1S/C27H26P.BrH/c1-2-14-23-15-12-13-22-27(23)28(24-16-6-3-7-17-24,25-18-8-4-9-19-25)26-20-10-5-11-21-26;/h3-13,15-22H,2,14H2,1H3;1H/q+1;/p-1. The van der Waals surface area contributed by atoms with E-state index in [1.165, 1.54) is 26.8 Å². The van der Waals surface area contributed by atoms with E-state index >= 15 is 0 Å². The van der Waals surface area contributed by atoms with Gasteiger partial charge in [0.2, 0.25) is 0 Å². The van der Waals surface area contributed by atoms with E-state index in [1.807, 2.05) is 0 Å². The van der Waals surface area contributed by atoms with Gasteiger partial charge in [-0.2, -0.15) is 0 Å². The number of hydrogen-bond acceptors (Lipinski definition) is 0. The van der Waals surface area contributed by atoms with E-state index in [0.717, 1.165) is 12.8 Å². The zero-order valence-electron chi connectivity index (χ0n) is 16.7. The number of halogens is 1. The van der Waals surface area contributed by atoms with Gasteiger partial charge in [-0.05, 0) is 54.4 Å². The fourth-order valence-corrected chi connectivity index (χ4v) is 8.65. The molecule has 2 heteroatoms. The third kappa shape index (κ3) is 4.08. The molecular formula is C27H26BrP. The molecule has 0 unspecified atom stereocenters. The van der Waals surface area contributed by atoms with E-state index in [4.69, 9.17) is 0 Å². The van der Waals surface area contributed by atoms with E-state index in [9.17, 15) is 0 Å². The molecule has 4 aromatic rings. The van der Waals surface area contributed by atoms with E-state index in [0.29, 0.717) is 0 Å². The fourth-order valence-electron chi connectivity index (χ4n) is 4.14. The second kappa shape index (κ2) is 10.0. The SMILES string of the molecule is CCCc1ccccc1[P+](c1ccccc1)(c1ccccc1)c1ccccc1.[Br-]. The normalized spacial score (nSPS) is 10.9. The van der Waals surface area contributed by atoms with Crippen molar-refractivity contribution >= 4 is 28.5 Å². The van der Waals surface area contributed by atoms with Crippen LogP contribution in [0.1, 0.15) is 18.9 Å². The highest BCUT2D eigenvalue weighted by atomic mass is 79.9. The number of benzene rings is 4. The molecule has 0 aromatic heterocycles. The second-order valence-electron chi connectivity index (χ2n) is 7.06. The third-order valence-corrected chi connectivity index (χ3v) is 9.68. The largest absolute Gasteiger partial charge is 1.00 e. The van der Waals surface area contributed by atoms with Gasteiger partial charge in [-0.3, -0.25) is 0 Å². The molecule has 146 valence electrons. The lowest BCUT2D eigenvalue weighted by Gasteiger charge is -2.29. The minimum absolute atomic E-state index is 0. The quantitative estimate of drug-likeness (QED) is 0.387. The first kappa shape index (κ1) is 21.5. The molecule has 4 aromatic carbocycles. The van der Waals surface area contributed by atoms with Crippen LogP contribution in [0.3, 0.4) is 0 Å². The van der Waals surface area contributed by atoms with Crippen molar-refractivity contribution in [2.45, 2.75) is 19.8 Å². The molecule has 4 rings (SSSR count). The first-order valence-electron chi connectivity index (χ1n) is 10.0. The maximum atomic E-state index is 2.37. The summed E-state index contributed by atoms with van der Waals surface area (Å²) in [6.45, 7) is 2.27. The van der Waals surface area contributed by atoms with Gasteiger partial charge >= 0.3 is 0 Å². The van der Waals surface area contributed by atoms with E-state index < -0.39 is 7.26 Å². The molecule has 0 saturated heterocycles. The predicted molar refractivity (Wildman–Crippen MR) is 125 cm³/mol. The van der Waals surface area contributed by atoms with Crippen molar-refractivity contribution in [1.29, 1.82) is 0 Å². The molecule has 0 spiro atoms. The molecule has 0 fully saturated rings. The lowest BCUT2D eigenvalue weighted by Crippen LogP contribution is -3.00. The Labute approximate surface area is 185 Å². The molecular weight excluding hydrogens is 435 g/mol. The number of rotatable bonds is 6. The molecule has 0 radical (unpaired) electrons. The van der Waals surface area contributed by atoms with E-state index in [1.54, 1.807) is 0 Å². The van der Waals surface area contributed by atoms with Crippen molar-refractivity contribution < 1.29 is 17.0 Å². The third-order valence-electron chi connectivity index (χ3n) is 5.30. The van der Waals surface area contributed by atoms with Gasteiger partial charge in [-0.25, -0.2) is 0 Å². The predicted octanol–water partition coefficient (Wildman–Crippen LogP) is 2.26. The van der Waals surface area contributed by atoms with Crippen molar-refractivity contribution in [3.63, 3.8) is 0 Å². The molecule has 0 aliphatic heterocycles. The summed E-state index contributed by atoms with van der Waals surface area (Å²) in [5.74, 6) is 0. The highest BCUT2D eigenvalue weighted by molar-refractivity contribution is 8.01. The molecule has 29 heavy (non-hydrogen) atoms. The molecule has 0 bridgehead atoms. The highest BCUT2D eigenvalue weighted by Gasteiger charge is 2.48. The summed E-state index contributed by atoms with van der Waals surface area (Å²) in [5.41, 5.74) is 1.47. The molecule has 0 heterocycles. The van der Waals surface area contributed by atoms with Crippen LogP contribution in [0.2, 0.25) is 0 Å². The van der Waals surface area contributed by atoms with Crippen LogP contribution in [0.5, 0.6) is 0 Å². The van der Waals surface area contributed by atoms with Gasteiger partial charge in [0.1, 0.15) is 28.5 Å². The van der Waals surface area contributed by atoms with Gasteiger partial charge < -0.3 is 17.0 Å². The zero-order chi connectivity index (χ0) is 19.2. The average Bonchev–Trinajstić information content (AvgIpc) is 2.78. The fraction of sp³-hybridized carbons (Fsp3) is 0.111. The molecule has 0 amide bonds. The molecule has 0 N–H and O–H groups in total. The van der Waals surface area contributed by atoms with Gasteiger partial charge in [0, 0.05) is 0 Å². The van der Waals surface area contributed by atoms with Gasteiger partial charge in [0.05, 0.1) is 0 Å². The zero-order valence-corrected chi connectivity index (χ0v) is 19.2. The molecule has 0 aliphatic carbocycles. The average molecular weight is 461 g/mol. The Morgan fingerprint density at radius 3 is 1.31 bits per heavy atom. The molecule has 0 saturated carbocycles. The smallest absolute Gasteiger partial charge is 0.144 e. The van der Waals surface area contributed by atoms with Gasteiger partial charge in [-0.1, -0.05) is 86.1 Å². The van der Waals surface area contributed by atoms with Crippen LogP contribution in [-0.2, 0) is 6.42 Å². The van der Waals surface area contributed by atoms with Crippen molar-refractivity contribution in [3.8, 4) is 0 Å². The summed E-state index contributed by atoms with van der Waals surface area (Å²) in [4.78, 5) is 0. The lowest BCUT2D eigenvalue weighted by atomic mass is 10.1. The monoisotopic (exact) mass is 460 g/mol. The minimum atomic E-state index is -1.97. The summed E-state index contributed by atoms with van der Waals surface area (Å²) < 4.78 is 0. The van der Waals surface area contributed by atoms with E-state index in [2.05, 4.69) is 122 Å². The number of hydrogen-bond donors (Lipinski definition) is 0. The Hall–Kier alpha value is -2.21. The van der Waals surface area contributed by atoms with Crippen molar-refractivity contribution in [2.75, 3.05) is 0 Å². The van der Waals surface area contributed by atoms with Crippen LogP contribution in [0, 0.1) is 0 Å². The van der Waals surface area contributed by atoms with Gasteiger partial charge in [0.25, 0.3) is 0 Å². The lowest BCUT2D eigenvalue weighted by molar-refractivity contribution is -0.00000544. The summed E-state index contributed by atoms with van der Waals surface area (Å²) in [6, 6.07) is 42.4. The molecule has 0 atom stereocenters. The van der Waals surface area contributed by atoms with Crippen LogP contribution >= 0.6 is 7.26 Å². The molecule has 0 aliphatic rings. The van der Waals surface area contributed by atoms with Gasteiger partial charge in [0.15, 0.2) is 0 Å². The Balaban J connectivity index is 0.00000240. The first-order chi connectivity index (χ1) is 13.9. The maximum absolute atomic E-state index is 2.37. The maximum Gasteiger partial charge on any atom is 0.144 e. The Bertz CT molecular complexity index is 917. The molecule has 0 nitrogen and oxygen atoms in total. The minimum Gasteiger partial charge on any atom is -1.00 e. The van der Waals surface area contributed by atoms with Crippen LogP contribution in [0.25, 0.3) is 0 Å². The Morgan fingerprint density at radius 2 is 0.897 bits per heavy atom. The summed E-state index contributed by atoms with van der Waals surface area (Å²) >= 11 is 0. The summed E-state index contributed by atoms with van der Waals surface area (Å²) in [7, 11) is -1.97. The van der Waals surface area contributed by atoms with Gasteiger partial charge in [-0.15, -0.1) is 0 Å². The Kier molecular flexibility index (Phi) is 7.42. The Morgan fingerprint density at radius 1 is 0.517 bits per heavy atom. The topological polar surface area (TPSA) is 0 Å². The number of aryl methyl sites for hydroxylation is 1. The van der Waals surface area contributed by atoms with Crippen molar-refractivity contribution in [3.05, 3.63) is 121 Å². The van der Waals surface area contributed by atoms with Crippen LogP contribution in [0.4, 0.5) is 0 Å². The summed E-state index contributed by atoms with van der Waals surface area (Å²) in [6.07, 6.45) is 2.25. The van der Waals surface area contributed by atoms with Crippen molar-refractivity contribution in [1.82, 2.24) is 0 Å². The van der Waals surface area contributed by atoms with Crippen molar-refractivity contribution in [2.24, 2.45) is 0 Å². The summed E-state index contributed by atoms with van der Waals surface area (Å²) in [5, 5.41) is 5.73. The van der Waals surface area contributed by atoms with Crippen LogP contribution in [0.15, 0.2) is 115 Å². The second-order valence-corrected chi connectivity index (χ2v) is 10.4. The van der Waals surface area contributed by atoms with Crippen LogP contribution < -0.4 is 38.2 Å². The van der Waals surface area contributed by atoms with E-state index in [-0.39, 0.29) is 17.0 Å². The highest BCUT2D eigenvalue weighted by Crippen LogP contribution is 2.54.